The maximum Gasteiger partial charge on any atom is 0.472 e. The molecule has 10 N–H and O–H groups in total. The van der Waals surface area contributed by atoms with E-state index in [1.807, 2.05) is 0 Å². The zero-order valence-corrected chi connectivity index (χ0v) is 73.9. The summed E-state index contributed by atoms with van der Waals surface area (Å²) in [5, 5.41) is 102. The van der Waals surface area contributed by atoms with Crippen LogP contribution in [0.1, 0.15) is 413 Å². The summed E-state index contributed by atoms with van der Waals surface area (Å²) in [6.45, 7) is 7.95. The second-order valence-electron chi connectivity index (χ2n) is 34.2. The second kappa shape index (κ2) is 68.9. The average Bonchev–Trinajstić information content (AvgIpc) is 0.754. The van der Waals surface area contributed by atoms with Crippen molar-refractivity contribution in [2.24, 2.45) is 5.92 Å². The van der Waals surface area contributed by atoms with Gasteiger partial charge in [0.25, 0.3) is 0 Å². The molecule has 2 heterocycles. The number of phosphoric ester groups is 1. The zero-order valence-electron chi connectivity index (χ0n) is 73.0. The Kier molecular flexibility index (Phi) is 63.9. The monoisotopic (exact) mass is 1680 g/mol. The van der Waals surface area contributed by atoms with E-state index in [1.165, 1.54) is 193 Å². The molecule has 2 saturated heterocycles. The molecule has 116 heavy (non-hydrogen) atoms. The van der Waals surface area contributed by atoms with E-state index in [-0.39, 0.29) is 25.7 Å². The van der Waals surface area contributed by atoms with Gasteiger partial charge in [0.15, 0.2) is 24.8 Å². The van der Waals surface area contributed by atoms with Crippen LogP contribution in [0.4, 0.5) is 0 Å². The maximum absolute atomic E-state index is 14.9. The Bertz CT molecular complexity index is 2430. The fraction of sp³-hybridized carbons (Fsp3) is 0.956. The average molecular weight is 1680 g/mol. The fourth-order valence-corrected chi connectivity index (χ4v) is 16.9. The Morgan fingerprint density at radius 2 is 0.647 bits per heavy atom. The van der Waals surface area contributed by atoms with Crippen molar-refractivity contribution in [3.8, 4) is 0 Å². The largest absolute Gasteiger partial charge is 0.472 e. The highest BCUT2D eigenvalue weighted by Crippen LogP contribution is 2.49. The van der Waals surface area contributed by atoms with Gasteiger partial charge in [-0.25, -0.2) is 4.57 Å². The van der Waals surface area contributed by atoms with Crippen molar-refractivity contribution in [1.82, 2.24) is 0 Å². The molecule has 3 rings (SSSR count). The predicted molar refractivity (Wildman–Crippen MR) is 449 cm³/mol. The van der Waals surface area contributed by atoms with E-state index in [0.29, 0.717) is 38.0 Å². The minimum absolute atomic E-state index is 0.0194. The van der Waals surface area contributed by atoms with Gasteiger partial charge in [-0.2, -0.15) is 0 Å². The first-order chi connectivity index (χ1) is 56.1. The number of carbonyl (C=O) groups is 4. The zero-order chi connectivity index (χ0) is 84.8. The number of aliphatic hydroxyl groups is 9. The van der Waals surface area contributed by atoms with E-state index in [1.54, 1.807) is 0 Å². The number of phosphoric acid groups is 1. The Morgan fingerprint density at radius 3 is 1.03 bits per heavy atom. The molecule has 19 unspecified atom stereocenters. The lowest BCUT2D eigenvalue weighted by Crippen LogP contribution is -2.70. The van der Waals surface area contributed by atoms with Crippen LogP contribution < -0.4 is 0 Å². The van der Waals surface area contributed by atoms with Gasteiger partial charge in [0.05, 0.1) is 13.2 Å². The van der Waals surface area contributed by atoms with Crippen LogP contribution >= 0.6 is 7.82 Å². The van der Waals surface area contributed by atoms with Crippen LogP contribution in [0.5, 0.6) is 0 Å². The molecule has 684 valence electrons. The maximum atomic E-state index is 14.9. The number of carbonyl (C=O) groups excluding carboxylic acids is 4. The molecular formula is C90H169O25P. The first kappa shape index (κ1) is 108. The normalized spacial score (nSPS) is 25.4. The van der Waals surface area contributed by atoms with Crippen molar-refractivity contribution in [2.75, 3.05) is 26.4 Å². The summed E-state index contributed by atoms with van der Waals surface area (Å²) in [7, 11) is -5.80. The number of hydrogen-bond donors (Lipinski definition) is 10. The van der Waals surface area contributed by atoms with Crippen LogP contribution in [-0.2, 0) is 70.7 Å². The summed E-state index contributed by atoms with van der Waals surface area (Å²) in [5.41, 5.74) is 0. The van der Waals surface area contributed by atoms with Crippen molar-refractivity contribution >= 4 is 31.7 Å². The number of rotatable bonds is 76. The van der Waals surface area contributed by atoms with Crippen LogP contribution in [0.25, 0.3) is 0 Å². The quantitative estimate of drug-likeness (QED) is 0.0117. The van der Waals surface area contributed by atoms with Gasteiger partial charge in [-0.1, -0.05) is 362 Å². The smallest absolute Gasteiger partial charge is 0.463 e. The Hall–Kier alpha value is -2.53. The van der Waals surface area contributed by atoms with Crippen molar-refractivity contribution < 1.29 is 122 Å². The first-order valence-electron chi connectivity index (χ1n) is 47.2. The minimum Gasteiger partial charge on any atom is -0.463 e. The van der Waals surface area contributed by atoms with Gasteiger partial charge in [0.2, 0.25) is 0 Å². The highest BCUT2D eigenvalue weighted by Gasteiger charge is 2.60. The van der Waals surface area contributed by atoms with E-state index < -0.39 is 162 Å². The molecule has 0 spiro atoms. The van der Waals surface area contributed by atoms with Crippen LogP contribution in [0, 0.1) is 5.92 Å². The molecule has 0 aromatic carbocycles. The SMILES string of the molecule is CCCCCCCCCCCCCCCCCC(=O)OC(COC(=O)CCCCCCCCC(C)CCCCCCCC)COP(=O)(O)OC1C(OC2OC(CO)C(O)C(O)C2O)C(O)C(O)C(OC(=O)CCCCCCCCCCCCCCC)C1OC1OC(COC(=O)CCCCCCCCCCCCCCC)C(O)C(O)C1O. The molecule has 0 bridgehead atoms. The molecule has 3 fully saturated rings. The van der Waals surface area contributed by atoms with Gasteiger partial charge in [-0.3, -0.25) is 28.2 Å². The summed E-state index contributed by atoms with van der Waals surface area (Å²) < 4.78 is 73.5. The van der Waals surface area contributed by atoms with Gasteiger partial charge in [-0.15, -0.1) is 0 Å². The molecular weight excluding hydrogens is 1510 g/mol. The lowest BCUT2D eigenvalue weighted by molar-refractivity contribution is -0.360. The number of aliphatic hydroxyl groups excluding tert-OH is 9. The molecule has 1 aliphatic carbocycles. The molecule has 3 aliphatic rings. The van der Waals surface area contributed by atoms with E-state index in [2.05, 4.69) is 34.6 Å². The summed E-state index contributed by atoms with van der Waals surface area (Å²) in [6.07, 6.45) is 23.9. The third-order valence-corrected chi connectivity index (χ3v) is 24.5. The Balaban J connectivity index is 1.92. The van der Waals surface area contributed by atoms with Crippen molar-refractivity contribution in [3.63, 3.8) is 0 Å². The van der Waals surface area contributed by atoms with Crippen LogP contribution in [0.2, 0.25) is 0 Å². The Labute approximate surface area is 699 Å². The Morgan fingerprint density at radius 1 is 0.336 bits per heavy atom. The number of unbranched alkanes of at least 4 members (excludes halogenated alkanes) is 48. The molecule has 19 atom stereocenters. The van der Waals surface area contributed by atoms with E-state index >= 15 is 0 Å². The van der Waals surface area contributed by atoms with Crippen LogP contribution in [-0.4, -0.2) is 205 Å². The van der Waals surface area contributed by atoms with Crippen LogP contribution in [0.15, 0.2) is 0 Å². The lowest BCUT2D eigenvalue weighted by atomic mass is 9.84. The molecule has 1 saturated carbocycles. The molecule has 0 radical (unpaired) electrons. The minimum atomic E-state index is -5.80. The molecule has 26 heteroatoms. The number of ether oxygens (including phenoxy) is 8. The molecule has 0 amide bonds. The van der Waals surface area contributed by atoms with Crippen LogP contribution in [0.3, 0.4) is 0 Å². The van der Waals surface area contributed by atoms with E-state index in [4.69, 9.17) is 46.9 Å². The first-order valence-corrected chi connectivity index (χ1v) is 48.7. The van der Waals surface area contributed by atoms with Gasteiger partial charge >= 0.3 is 31.7 Å². The fourth-order valence-electron chi connectivity index (χ4n) is 15.9. The summed E-state index contributed by atoms with van der Waals surface area (Å²) >= 11 is 0. The van der Waals surface area contributed by atoms with Gasteiger partial charge in [-0.05, 0) is 31.6 Å². The second-order valence-corrected chi connectivity index (χ2v) is 35.6. The highest BCUT2D eigenvalue weighted by atomic mass is 31.2. The molecule has 0 aromatic rings. The molecule has 2 aliphatic heterocycles. The topological polar surface area (TPSA) is 380 Å². The molecule has 25 nitrogen and oxygen atoms in total. The predicted octanol–water partition coefficient (Wildman–Crippen LogP) is 17.2. The molecule has 0 aromatic heterocycles. The number of hydrogen-bond acceptors (Lipinski definition) is 24. The van der Waals surface area contributed by atoms with Crippen molar-refractivity contribution in [1.29, 1.82) is 0 Å². The summed E-state index contributed by atoms with van der Waals surface area (Å²) in [6, 6.07) is 0. The van der Waals surface area contributed by atoms with Gasteiger partial charge in [0, 0.05) is 25.7 Å². The lowest BCUT2D eigenvalue weighted by Gasteiger charge is -2.50. The third-order valence-electron chi connectivity index (χ3n) is 23.5. The van der Waals surface area contributed by atoms with Gasteiger partial charge in [0.1, 0.15) is 92.6 Å². The summed E-state index contributed by atoms with van der Waals surface area (Å²) in [5.74, 6) is -2.26. The van der Waals surface area contributed by atoms with Crippen molar-refractivity contribution in [3.05, 3.63) is 0 Å². The van der Waals surface area contributed by atoms with Gasteiger partial charge < -0.3 is 88.7 Å². The van der Waals surface area contributed by atoms with E-state index in [9.17, 15) is 74.6 Å². The third kappa shape index (κ3) is 49.1. The number of esters is 4. The summed E-state index contributed by atoms with van der Waals surface area (Å²) in [4.78, 5) is 66.5. The van der Waals surface area contributed by atoms with Crippen molar-refractivity contribution in [2.45, 2.75) is 518 Å². The van der Waals surface area contributed by atoms with E-state index in [0.717, 1.165) is 128 Å². The highest BCUT2D eigenvalue weighted by molar-refractivity contribution is 7.47. The standard InChI is InChI=1S/C90H169O25P/c1-6-10-14-18-22-25-28-31-32-35-38-40-43-51-57-63-75(94)109-70(66-106-73(92)61-55-50-46-45-48-54-60-69(5)59-53-47-21-17-13-9-4)67-108-116(104,105)115-88-86(113-89-83(102)79(98)77(96)71(65-91)110-89)82(101)81(100)85(112-76(95)64-58-52-44-41-37-34-30-27-24-20-16-12-8-3)87(88)114-90-84(103)80(99)78(97)72(111-90)68-107-74(93)62-56-49-42-39-36-33-29-26-23-19-15-11-7-2/h69-72,77-91,96-103H,6-68H2,1-5H3,(H,104,105).